The van der Waals surface area contributed by atoms with Gasteiger partial charge in [0.1, 0.15) is 0 Å². The van der Waals surface area contributed by atoms with Crippen molar-refractivity contribution in [2.45, 2.75) is 91.4 Å². The average Bonchev–Trinajstić information content (AvgIpc) is 3.16. The highest BCUT2D eigenvalue weighted by molar-refractivity contribution is 5.13. The van der Waals surface area contributed by atoms with E-state index in [0.29, 0.717) is 22.9 Å². The minimum absolute atomic E-state index is 0.327. The zero-order chi connectivity index (χ0) is 17.4. The molecule has 0 amide bonds. The zero-order valence-corrected chi connectivity index (χ0v) is 16.9. The van der Waals surface area contributed by atoms with E-state index in [2.05, 4.69) is 20.8 Å². The van der Waals surface area contributed by atoms with Gasteiger partial charge in [0.2, 0.25) is 0 Å². The van der Waals surface area contributed by atoms with Gasteiger partial charge in [-0.1, -0.05) is 27.2 Å². The number of rotatable bonds is 1. The second-order valence-corrected chi connectivity index (χ2v) is 11.6. The van der Waals surface area contributed by atoms with Gasteiger partial charge in [-0.15, -0.1) is 0 Å². The molecule has 0 bridgehead atoms. The summed E-state index contributed by atoms with van der Waals surface area (Å²) >= 11 is 0. The molecule has 1 heteroatoms. The molecule has 0 heterocycles. The maximum atomic E-state index is 10.2. The maximum absolute atomic E-state index is 10.2. The molecule has 1 nitrogen and oxygen atoms in total. The van der Waals surface area contributed by atoms with E-state index in [1.807, 2.05) is 0 Å². The molecule has 5 aliphatic rings. The van der Waals surface area contributed by atoms with Crippen LogP contribution in [0.2, 0.25) is 0 Å². The fraction of sp³-hybridized carbons (Fsp3) is 1.00. The van der Waals surface area contributed by atoms with Crippen LogP contribution in [0.5, 0.6) is 0 Å². The summed E-state index contributed by atoms with van der Waals surface area (Å²) in [5, 5.41) is 10.2. The maximum Gasteiger partial charge on any atom is 0.0490 e. The third-order valence-electron chi connectivity index (χ3n) is 11.2. The van der Waals surface area contributed by atoms with Gasteiger partial charge in [-0.25, -0.2) is 0 Å². The second-order valence-electron chi connectivity index (χ2n) is 11.6. The van der Waals surface area contributed by atoms with E-state index in [1.54, 1.807) is 0 Å². The first-order valence-corrected chi connectivity index (χ1v) is 11.6. The number of hydrogen-bond acceptors (Lipinski definition) is 1. The summed E-state index contributed by atoms with van der Waals surface area (Å²) < 4.78 is 0. The Bertz CT molecular complexity index is 542. The van der Waals surface area contributed by atoms with Crippen molar-refractivity contribution >= 4 is 0 Å². The summed E-state index contributed by atoms with van der Waals surface area (Å²) in [5.41, 5.74) is 1.56. The van der Waals surface area contributed by atoms with Crippen molar-refractivity contribution in [3.63, 3.8) is 0 Å². The topological polar surface area (TPSA) is 20.2 Å². The summed E-state index contributed by atoms with van der Waals surface area (Å²) in [5.74, 6) is 5.70. The lowest BCUT2D eigenvalue weighted by Gasteiger charge is -2.65. The Morgan fingerprint density at radius 2 is 1.48 bits per heavy atom. The van der Waals surface area contributed by atoms with Gasteiger partial charge in [-0.05, 0) is 116 Å². The zero-order valence-electron chi connectivity index (χ0n) is 16.9. The van der Waals surface area contributed by atoms with E-state index in [-0.39, 0.29) is 0 Å². The van der Waals surface area contributed by atoms with Crippen LogP contribution in [0.3, 0.4) is 0 Å². The van der Waals surface area contributed by atoms with E-state index < -0.39 is 0 Å². The summed E-state index contributed by atoms with van der Waals surface area (Å²) in [6.45, 7) is 8.43. The highest BCUT2D eigenvalue weighted by Crippen LogP contribution is 2.72. The quantitative estimate of drug-likeness (QED) is 0.613. The molecule has 25 heavy (non-hydrogen) atoms. The lowest BCUT2D eigenvalue weighted by molar-refractivity contribution is -0.165. The van der Waals surface area contributed by atoms with E-state index in [1.165, 1.54) is 70.6 Å². The monoisotopic (exact) mass is 344 g/mol. The van der Waals surface area contributed by atoms with Crippen LogP contribution in [0.25, 0.3) is 0 Å². The lowest BCUT2D eigenvalue weighted by atomic mass is 9.40. The van der Waals surface area contributed by atoms with E-state index >= 15 is 0 Å². The van der Waals surface area contributed by atoms with Crippen molar-refractivity contribution in [3.8, 4) is 0 Å². The molecule has 5 rings (SSSR count). The first-order valence-electron chi connectivity index (χ1n) is 11.6. The van der Waals surface area contributed by atoms with Crippen LogP contribution in [-0.4, -0.2) is 11.7 Å². The van der Waals surface area contributed by atoms with Crippen molar-refractivity contribution in [3.05, 3.63) is 0 Å². The second kappa shape index (κ2) is 5.49. The summed E-state index contributed by atoms with van der Waals surface area (Å²) in [4.78, 5) is 0. The number of hydrogen-bond donors (Lipinski definition) is 1. The first-order chi connectivity index (χ1) is 11.9. The molecule has 1 N–H and O–H groups in total. The predicted molar refractivity (Wildman–Crippen MR) is 103 cm³/mol. The number of aliphatic hydroxyl groups excluding tert-OH is 1. The van der Waals surface area contributed by atoms with Crippen LogP contribution in [0.1, 0.15) is 91.4 Å². The molecule has 9 unspecified atom stereocenters. The Kier molecular flexibility index (Phi) is 3.75. The lowest BCUT2D eigenvalue weighted by Crippen LogP contribution is -2.58. The predicted octanol–water partition coefficient (Wildman–Crippen LogP) is 6.05. The van der Waals surface area contributed by atoms with Crippen LogP contribution in [0.15, 0.2) is 0 Å². The summed E-state index contributed by atoms with van der Waals surface area (Å²) in [6.07, 6.45) is 15.8. The van der Waals surface area contributed by atoms with E-state index in [0.717, 1.165) is 35.5 Å². The molecule has 0 aromatic rings. The molecular weight excluding hydrogens is 304 g/mol. The van der Waals surface area contributed by atoms with E-state index in [9.17, 15) is 5.11 Å². The Balaban J connectivity index is 1.48. The van der Waals surface area contributed by atoms with Gasteiger partial charge >= 0.3 is 0 Å². The average molecular weight is 345 g/mol. The first kappa shape index (κ1) is 17.1. The molecular formula is C24H40O. The highest BCUT2D eigenvalue weighted by Gasteiger charge is 2.64. The third kappa shape index (κ3) is 2.06. The number of aliphatic hydroxyl groups is 1. The largest absolute Gasteiger partial charge is 0.396 e. The van der Waals surface area contributed by atoms with Gasteiger partial charge in [-0.2, -0.15) is 0 Å². The minimum atomic E-state index is 0.327. The summed E-state index contributed by atoms with van der Waals surface area (Å²) in [7, 11) is 0. The Labute approximate surface area is 155 Å². The molecule has 0 saturated heterocycles. The minimum Gasteiger partial charge on any atom is -0.396 e. The van der Waals surface area contributed by atoms with Crippen LogP contribution in [0, 0.1) is 51.8 Å². The molecule has 0 aliphatic heterocycles. The van der Waals surface area contributed by atoms with Gasteiger partial charge in [0.15, 0.2) is 0 Å². The molecule has 142 valence electrons. The molecule has 5 aliphatic carbocycles. The van der Waals surface area contributed by atoms with Crippen molar-refractivity contribution in [1.82, 2.24) is 0 Å². The fourth-order valence-corrected chi connectivity index (χ4v) is 10.1. The van der Waals surface area contributed by atoms with Crippen LogP contribution >= 0.6 is 0 Å². The Morgan fingerprint density at radius 3 is 2.28 bits per heavy atom. The van der Waals surface area contributed by atoms with Gasteiger partial charge in [0.25, 0.3) is 0 Å². The SMILES string of the molecule is CC1CCC2(C)C1CCC1(C)C3CCC4(CO)CCCC4C3CCC21. The Hall–Kier alpha value is -0.0400. The Morgan fingerprint density at radius 1 is 0.760 bits per heavy atom. The van der Waals surface area contributed by atoms with Crippen LogP contribution in [-0.2, 0) is 0 Å². The van der Waals surface area contributed by atoms with Crippen LogP contribution in [0.4, 0.5) is 0 Å². The van der Waals surface area contributed by atoms with Crippen molar-refractivity contribution in [2.75, 3.05) is 6.61 Å². The molecule has 0 radical (unpaired) electrons. The highest BCUT2D eigenvalue weighted by atomic mass is 16.3. The van der Waals surface area contributed by atoms with Gasteiger partial charge in [-0.3, -0.25) is 0 Å². The van der Waals surface area contributed by atoms with Crippen molar-refractivity contribution < 1.29 is 5.11 Å². The summed E-state index contributed by atoms with van der Waals surface area (Å²) in [6, 6.07) is 0. The number of fused-ring (bicyclic) bond motifs is 7. The van der Waals surface area contributed by atoms with Crippen molar-refractivity contribution in [2.24, 2.45) is 51.8 Å². The third-order valence-corrected chi connectivity index (χ3v) is 11.2. The molecule has 5 fully saturated rings. The van der Waals surface area contributed by atoms with Gasteiger partial charge < -0.3 is 5.11 Å². The normalized spacial score (nSPS) is 60.5. The van der Waals surface area contributed by atoms with Crippen LogP contribution < -0.4 is 0 Å². The molecule has 0 aromatic heterocycles. The van der Waals surface area contributed by atoms with Gasteiger partial charge in [0, 0.05) is 6.61 Å². The van der Waals surface area contributed by atoms with E-state index in [4.69, 9.17) is 0 Å². The molecule has 0 spiro atoms. The fourth-order valence-electron chi connectivity index (χ4n) is 10.1. The van der Waals surface area contributed by atoms with Gasteiger partial charge in [0.05, 0.1) is 0 Å². The van der Waals surface area contributed by atoms with Crippen molar-refractivity contribution in [1.29, 1.82) is 0 Å². The molecule has 9 atom stereocenters. The molecule has 5 saturated carbocycles. The molecule has 0 aromatic carbocycles. The smallest absolute Gasteiger partial charge is 0.0490 e. The standard InChI is InChI=1S/C24H40O/c1-16-8-12-22(2)18(16)9-13-23(3)19-10-14-24(15-25)11-4-5-20(24)17(19)6-7-21(22)23/h16-21,25H,4-15H2,1-3H3.